The molecule has 1 fully saturated rings. The van der Waals surface area contributed by atoms with Crippen LogP contribution in [0, 0.1) is 6.92 Å². The average molecular weight is 472 g/mol. The Hall–Kier alpha value is -2.55. The summed E-state index contributed by atoms with van der Waals surface area (Å²) in [6.07, 6.45) is 0. The van der Waals surface area contributed by atoms with Gasteiger partial charge in [0.2, 0.25) is 11.9 Å². The number of rotatable bonds is 7. The maximum Gasteiger partial charge on any atom is 0.233 e. The van der Waals surface area contributed by atoms with Gasteiger partial charge >= 0.3 is 0 Å². The third-order valence-corrected chi connectivity index (χ3v) is 6.74. The van der Waals surface area contributed by atoms with Crippen LogP contribution in [0.4, 0.5) is 5.95 Å². The highest BCUT2D eigenvalue weighted by Crippen LogP contribution is 2.31. The normalized spacial score (nSPS) is 14.9. The molecule has 1 atom stereocenters. The zero-order valence-electron chi connectivity index (χ0n) is 18.1. The van der Waals surface area contributed by atoms with Crippen LogP contribution in [0.25, 0.3) is 5.69 Å². The number of aromatic nitrogens is 3. The number of morpholine rings is 1. The second-order valence-corrected chi connectivity index (χ2v) is 9.29. The lowest BCUT2D eigenvalue weighted by Crippen LogP contribution is -2.38. The van der Waals surface area contributed by atoms with Crippen LogP contribution in [0.2, 0.25) is 5.02 Å². The van der Waals surface area contributed by atoms with Crippen molar-refractivity contribution >= 4 is 35.2 Å². The van der Waals surface area contributed by atoms with Gasteiger partial charge < -0.3 is 15.0 Å². The maximum absolute atomic E-state index is 12.8. The summed E-state index contributed by atoms with van der Waals surface area (Å²) in [5.74, 6) is 0.691. The van der Waals surface area contributed by atoms with E-state index in [1.165, 1.54) is 11.8 Å². The number of hydrogen-bond acceptors (Lipinski definition) is 6. The predicted molar refractivity (Wildman–Crippen MR) is 128 cm³/mol. The fourth-order valence-electron chi connectivity index (χ4n) is 3.51. The van der Waals surface area contributed by atoms with Gasteiger partial charge in [0.05, 0.1) is 24.2 Å². The molecule has 1 N–H and O–H groups in total. The largest absolute Gasteiger partial charge is 0.378 e. The Morgan fingerprint density at radius 2 is 1.88 bits per heavy atom. The molecular formula is C23H26ClN5O2S. The lowest BCUT2D eigenvalue weighted by molar-refractivity contribution is -0.120. The van der Waals surface area contributed by atoms with E-state index in [0.29, 0.717) is 29.9 Å². The third-order valence-electron chi connectivity index (χ3n) is 5.33. The maximum atomic E-state index is 12.8. The first-order valence-corrected chi connectivity index (χ1v) is 11.8. The highest BCUT2D eigenvalue weighted by atomic mass is 35.5. The molecule has 0 aliphatic carbocycles. The third kappa shape index (κ3) is 5.09. The van der Waals surface area contributed by atoms with Crippen molar-refractivity contribution in [1.82, 2.24) is 20.1 Å². The van der Waals surface area contributed by atoms with E-state index in [2.05, 4.69) is 39.5 Å². The second-order valence-electron chi connectivity index (χ2n) is 7.57. The van der Waals surface area contributed by atoms with Gasteiger partial charge in [0, 0.05) is 24.7 Å². The Balaban J connectivity index is 1.55. The zero-order valence-corrected chi connectivity index (χ0v) is 19.7. The number of halogens is 1. The van der Waals surface area contributed by atoms with Crippen LogP contribution in [-0.4, -0.2) is 52.2 Å². The van der Waals surface area contributed by atoms with Crippen molar-refractivity contribution in [3.8, 4) is 5.69 Å². The highest BCUT2D eigenvalue weighted by Gasteiger charge is 2.25. The number of nitrogens with zero attached hydrogens (tertiary/aromatic N) is 4. The minimum absolute atomic E-state index is 0.0813. The number of benzene rings is 2. The minimum atomic E-state index is -0.359. The van der Waals surface area contributed by atoms with Gasteiger partial charge in [-0.05, 0) is 37.1 Å². The molecule has 168 valence electrons. The summed E-state index contributed by atoms with van der Waals surface area (Å²) >= 11 is 7.60. The molecule has 1 aliphatic heterocycles. The van der Waals surface area contributed by atoms with Crippen LogP contribution in [0.3, 0.4) is 0 Å². The van der Waals surface area contributed by atoms with Gasteiger partial charge in [-0.25, -0.2) is 0 Å². The summed E-state index contributed by atoms with van der Waals surface area (Å²) in [5, 5.41) is 12.9. The number of nitrogens with one attached hydrogen (secondary N) is 1. The summed E-state index contributed by atoms with van der Waals surface area (Å²) < 4.78 is 7.54. The van der Waals surface area contributed by atoms with E-state index >= 15 is 0 Å². The lowest BCUT2D eigenvalue weighted by atomic mass is 10.2. The molecule has 32 heavy (non-hydrogen) atoms. The molecule has 9 heteroatoms. The van der Waals surface area contributed by atoms with Crippen LogP contribution in [0.5, 0.6) is 0 Å². The smallest absolute Gasteiger partial charge is 0.233 e. The number of anilines is 1. The second kappa shape index (κ2) is 10.4. The van der Waals surface area contributed by atoms with Crippen molar-refractivity contribution < 1.29 is 9.53 Å². The molecule has 2 aromatic carbocycles. The fourth-order valence-corrected chi connectivity index (χ4v) is 4.59. The summed E-state index contributed by atoms with van der Waals surface area (Å²) in [7, 11) is 0. The van der Waals surface area contributed by atoms with Crippen LogP contribution in [-0.2, 0) is 16.1 Å². The molecule has 1 amide bonds. The molecular weight excluding hydrogens is 446 g/mol. The van der Waals surface area contributed by atoms with Crippen molar-refractivity contribution in [3.63, 3.8) is 0 Å². The first kappa shape index (κ1) is 22.6. The molecule has 0 saturated carbocycles. The predicted octanol–water partition coefficient (Wildman–Crippen LogP) is 3.86. The fraction of sp³-hybridized carbons (Fsp3) is 0.348. The molecule has 0 spiro atoms. The molecule has 1 aliphatic rings. The van der Waals surface area contributed by atoms with Gasteiger partial charge in [0.25, 0.3) is 0 Å². The van der Waals surface area contributed by atoms with Crippen molar-refractivity contribution in [2.24, 2.45) is 0 Å². The molecule has 1 saturated heterocycles. The Morgan fingerprint density at radius 1 is 1.16 bits per heavy atom. The van der Waals surface area contributed by atoms with Gasteiger partial charge in [-0.15, -0.1) is 10.2 Å². The number of amides is 1. The minimum Gasteiger partial charge on any atom is -0.378 e. The van der Waals surface area contributed by atoms with E-state index in [1.807, 2.05) is 47.9 Å². The Labute approximate surface area is 197 Å². The zero-order chi connectivity index (χ0) is 22.5. The topological polar surface area (TPSA) is 72.3 Å². The van der Waals surface area contributed by atoms with Crippen LogP contribution < -0.4 is 10.2 Å². The molecule has 1 unspecified atom stereocenters. The molecule has 7 nitrogen and oxygen atoms in total. The van der Waals surface area contributed by atoms with Crippen molar-refractivity contribution in [3.05, 3.63) is 64.7 Å². The van der Waals surface area contributed by atoms with Crippen LogP contribution in [0.15, 0.2) is 53.7 Å². The van der Waals surface area contributed by atoms with E-state index in [4.69, 9.17) is 16.3 Å². The number of carbonyl (C=O) groups excluding carboxylic acids is 1. The molecule has 2 heterocycles. The van der Waals surface area contributed by atoms with Gasteiger partial charge in [0.15, 0.2) is 5.16 Å². The Morgan fingerprint density at radius 3 is 2.62 bits per heavy atom. The first-order chi connectivity index (χ1) is 15.5. The standard InChI is InChI=1S/C23H26ClN5O2S/c1-16-7-3-6-10-20(16)29-22(28-11-13-31-14-12-28)26-27-23(29)32-17(2)21(30)25-15-18-8-4-5-9-19(18)24/h3-10,17H,11-15H2,1-2H3,(H,25,30). The van der Waals surface area contributed by atoms with E-state index < -0.39 is 0 Å². The summed E-state index contributed by atoms with van der Waals surface area (Å²) in [6.45, 7) is 7.14. The summed E-state index contributed by atoms with van der Waals surface area (Å²) in [4.78, 5) is 15.0. The number of aryl methyl sites for hydroxylation is 1. The molecule has 0 radical (unpaired) electrons. The monoisotopic (exact) mass is 471 g/mol. The van der Waals surface area contributed by atoms with Crippen LogP contribution in [0.1, 0.15) is 18.1 Å². The van der Waals surface area contributed by atoms with E-state index in [9.17, 15) is 4.79 Å². The number of thioether (sulfide) groups is 1. The van der Waals surface area contributed by atoms with Crippen molar-refractivity contribution in [2.45, 2.75) is 30.8 Å². The molecule has 1 aromatic heterocycles. The van der Waals surface area contributed by atoms with E-state index in [1.54, 1.807) is 0 Å². The quantitative estimate of drug-likeness (QED) is 0.527. The number of hydrogen-bond donors (Lipinski definition) is 1. The summed E-state index contributed by atoms with van der Waals surface area (Å²) in [5.41, 5.74) is 3.00. The van der Waals surface area contributed by atoms with Gasteiger partial charge in [0.1, 0.15) is 0 Å². The SMILES string of the molecule is Cc1ccccc1-n1c(SC(C)C(=O)NCc2ccccc2Cl)nnc1N1CCOCC1. The van der Waals surface area contributed by atoms with Gasteiger partial charge in [-0.3, -0.25) is 9.36 Å². The molecule has 4 rings (SSSR count). The van der Waals surface area contributed by atoms with Crippen LogP contribution >= 0.6 is 23.4 Å². The summed E-state index contributed by atoms with van der Waals surface area (Å²) in [6, 6.07) is 15.6. The lowest BCUT2D eigenvalue weighted by Gasteiger charge is -2.28. The van der Waals surface area contributed by atoms with Gasteiger partial charge in [-0.2, -0.15) is 0 Å². The highest BCUT2D eigenvalue weighted by molar-refractivity contribution is 8.00. The molecule has 3 aromatic rings. The van der Waals surface area contributed by atoms with Crippen molar-refractivity contribution in [2.75, 3.05) is 31.2 Å². The number of carbonyl (C=O) groups is 1. The molecule has 0 bridgehead atoms. The van der Waals surface area contributed by atoms with E-state index in [-0.39, 0.29) is 11.2 Å². The number of para-hydroxylation sites is 1. The first-order valence-electron chi connectivity index (χ1n) is 10.6. The Bertz CT molecular complexity index is 1080. The van der Waals surface area contributed by atoms with Crippen molar-refractivity contribution in [1.29, 1.82) is 0 Å². The average Bonchev–Trinajstić information content (AvgIpc) is 3.22. The van der Waals surface area contributed by atoms with E-state index in [0.717, 1.165) is 35.9 Å². The Kier molecular flexibility index (Phi) is 7.34. The number of ether oxygens (including phenoxy) is 1. The van der Waals surface area contributed by atoms with Gasteiger partial charge in [-0.1, -0.05) is 59.8 Å².